The predicted octanol–water partition coefficient (Wildman–Crippen LogP) is 16.0. The number of unbranched alkanes of at least 4 members (excludes halogenated alkanes) is 36. The van der Waals surface area contributed by atoms with Crippen molar-refractivity contribution in [3.05, 3.63) is 0 Å². The molecule has 4 nitrogen and oxygen atoms in total. The van der Waals surface area contributed by atoms with Crippen LogP contribution < -0.4 is 0 Å². The van der Waals surface area contributed by atoms with Crippen molar-refractivity contribution in [2.75, 3.05) is 31.9 Å². The zero-order valence-corrected chi connectivity index (χ0v) is 37.0. The van der Waals surface area contributed by atoms with Crippen LogP contribution in [0.15, 0.2) is 0 Å². The Bertz CT molecular complexity index is 711. The smallest absolute Gasteiger partial charge is 0.270 e. The first-order chi connectivity index (χ1) is 25.4. The molecule has 0 aromatic rings. The summed E-state index contributed by atoms with van der Waals surface area (Å²) in [4.78, 5) is 0. The first-order valence-electron chi connectivity index (χ1n) is 24.2. The molecular weight excluding hydrogens is 659 g/mol. The van der Waals surface area contributed by atoms with Gasteiger partial charge < -0.3 is 4.48 Å². The Morgan fingerprint density at radius 3 is 0.635 bits per heavy atom. The summed E-state index contributed by atoms with van der Waals surface area (Å²) >= 11 is 0. The van der Waals surface area contributed by atoms with E-state index in [1.807, 2.05) is 0 Å². The summed E-state index contributed by atoms with van der Waals surface area (Å²) in [6.45, 7) is 10.7. The first kappa shape index (κ1) is 51.9. The van der Waals surface area contributed by atoms with Gasteiger partial charge in [0.15, 0.2) is 0 Å². The van der Waals surface area contributed by atoms with Gasteiger partial charge in [-0.2, -0.15) is 8.42 Å². The molecule has 0 aromatic heterocycles. The second-order valence-electron chi connectivity index (χ2n) is 17.3. The van der Waals surface area contributed by atoms with E-state index in [0.29, 0.717) is 6.54 Å². The number of quaternary nitrogens is 1. The Hall–Kier alpha value is -0.130. The van der Waals surface area contributed by atoms with Crippen molar-refractivity contribution in [2.45, 2.75) is 271 Å². The minimum Gasteiger partial charge on any atom is -0.323 e. The van der Waals surface area contributed by atoms with E-state index >= 15 is 0 Å². The highest BCUT2D eigenvalue weighted by Crippen LogP contribution is 2.21. The Labute approximate surface area is 329 Å². The van der Waals surface area contributed by atoms with Crippen LogP contribution in [0.4, 0.5) is 0 Å². The minimum atomic E-state index is -3.94. The lowest BCUT2D eigenvalue weighted by atomic mass is 10.0. The summed E-state index contributed by atoms with van der Waals surface area (Å²) in [5.41, 5.74) is 0. The van der Waals surface area contributed by atoms with Gasteiger partial charge in [-0.1, -0.05) is 233 Å². The highest BCUT2D eigenvalue weighted by molar-refractivity contribution is 7.85. The van der Waals surface area contributed by atoms with Crippen molar-refractivity contribution >= 4 is 10.1 Å². The summed E-state index contributed by atoms with van der Waals surface area (Å²) in [7, 11) is -3.94. The second-order valence-corrected chi connectivity index (χ2v) is 18.8. The third-order valence-corrected chi connectivity index (χ3v) is 12.7. The van der Waals surface area contributed by atoms with Crippen LogP contribution in [0.1, 0.15) is 271 Å². The molecule has 0 aliphatic carbocycles. The van der Waals surface area contributed by atoms with Gasteiger partial charge in [0.05, 0.1) is 26.2 Å². The molecule has 0 aromatic carbocycles. The van der Waals surface area contributed by atoms with Gasteiger partial charge in [-0.3, -0.25) is 4.55 Å². The molecule has 0 bridgehead atoms. The third-order valence-electron chi connectivity index (χ3n) is 12.0. The number of hydrogen-bond donors (Lipinski definition) is 1. The molecule has 52 heavy (non-hydrogen) atoms. The van der Waals surface area contributed by atoms with Crippen molar-refractivity contribution in [1.29, 1.82) is 0 Å². The lowest BCUT2D eigenvalue weighted by Gasteiger charge is -2.39. The molecule has 0 heterocycles. The Morgan fingerprint density at radius 2 is 0.462 bits per heavy atom. The fraction of sp³-hybridized carbons (Fsp3) is 1.00. The quantitative estimate of drug-likeness (QED) is 0.0382. The molecule has 0 aliphatic heterocycles. The molecule has 0 spiro atoms. The van der Waals surface area contributed by atoms with Crippen molar-refractivity contribution in [3.63, 3.8) is 0 Å². The fourth-order valence-corrected chi connectivity index (χ4v) is 8.99. The van der Waals surface area contributed by atoms with E-state index in [-0.39, 0.29) is 5.75 Å². The van der Waals surface area contributed by atoms with E-state index in [9.17, 15) is 13.0 Å². The maximum Gasteiger partial charge on any atom is 0.270 e. The van der Waals surface area contributed by atoms with E-state index < -0.39 is 10.1 Å². The fourth-order valence-electron chi connectivity index (χ4n) is 8.37. The molecule has 0 fully saturated rings. The molecule has 0 saturated heterocycles. The molecule has 5 heteroatoms. The van der Waals surface area contributed by atoms with Crippen molar-refractivity contribution in [3.8, 4) is 0 Å². The molecule has 1 N–H and O–H groups in total. The molecule has 0 aliphatic rings. The monoisotopic (exact) mass is 757 g/mol. The Morgan fingerprint density at radius 1 is 0.288 bits per heavy atom. The molecule has 0 amide bonds. The van der Waals surface area contributed by atoms with Gasteiger partial charge in [-0.05, 0) is 38.5 Å². The maximum absolute atomic E-state index is 12.0. The molecule has 0 rings (SSSR count). The van der Waals surface area contributed by atoms with Crippen LogP contribution in [0, 0.1) is 0 Å². The van der Waals surface area contributed by atoms with Crippen molar-refractivity contribution in [1.82, 2.24) is 0 Å². The van der Waals surface area contributed by atoms with Gasteiger partial charge in [-0.25, -0.2) is 0 Å². The lowest BCUT2D eigenvalue weighted by Crippen LogP contribution is -2.52. The third kappa shape index (κ3) is 39.6. The van der Waals surface area contributed by atoms with Gasteiger partial charge in [0.1, 0.15) is 5.75 Å². The first-order valence-corrected chi connectivity index (χ1v) is 25.8. The molecule has 0 saturated carbocycles. The van der Waals surface area contributed by atoms with Crippen LogP contribution in [-0.4, -0.2) is 49.4 Å². The zero-order chi connectivity index (χ0) is 38.1. The van der Waals surface area contributed by atoms with E-state index in [4.69, 9.17) is 0 Å². The molecule has 0 atom stereocenters. The summed E-state index contributed by atoms with van der Waals surface area (Å²) < 4.78 is 34.7. The molecular formula is C47H98NO3S+. The SMILES string of the molecule is CCCCCCCCCCCCCCC[N+](CCCCCCCCCCCCCCC)(CCCCCCCCCCCCCCC)CCS(=O)(=O)O. The number of rotatable bonds is 45. The largest absolute Gasteiger partial charge is 0.323 e. The van der Waals surface area contributed by atoms with Crippen molar-refractivity contribution < 1.29 is 17.5 Å². The van der Waals surface area contributed by atoms with Crippen LogP contribution in [0.5, 0.6) is 0 Å². The van der Waals surface area contributed by atoms with E-state index in [1.54, 1.807) is 0 Å². The lowest BCUT2D eigenvalue weighted by molar-refractivity contribution is -0.926. The second kappa shape index (κ2) is 40.5. The number of hydrogen-bond acceptors (Lipinski definition) is 2. The minimum absolute atomic E-state index is 0.0810. The predicted molar refractivity (Wildman–Crippen MR) is 233 cm³/mol. The van der Waals surface area contributed by atoms with Gasteiger partial charge in [0.25, 0.3) is 10.1 Å². The topological polar surface area (TPSA) is 54.4 Å². The van der Waals surface area contributed by atoms with E-state index in [1.165, 1.54) is 250 Å². The van der Waals surface area contributed by atoms with Crippen molar-refractivity contribution in [2.24, 2.45) is 0 Å². The van der Waals surface area contributed by atoms with Crippen LogP contribution in [0.2, 0.25) is 0 Å². The summed E-state index contributed by atoms with van der Waals surface area (Å²) in [5, 5.41) is 0. The number of nitrogens with zero attached hydrogens (tertiary/aromatic N) is 1. The van der Waals surface area contributed by atoms with Gasteiger partial charge in [-0.15, -0.1) is 0 Å². The molecule has 0 radical (unpaired) electrons. The van der Waals surface area contributed by atoms with E-state index in [2.05, 4.69) is 20.8 Å². The summed E-state index contributed by atoms with van der Waals surface area (Å²) in [6.07, 6.45) is 53.0. The molecule has 314 valence electrons. The van der Waals surface area contributed by atoms with Crippen LogP contribution in [-0.2, 0) is 10.1 Å². The van der Waals surface area contributed by atoms with Crippen LogP contribution in [0.3, 0.4) is 0 Å². The average Bonchev–Trinajstić information content (AvgIpc) is 3.12. The summed E-state index contributed by atoms with van der Waals surface area (Å²) in [5.74, 6) is -0.0810. The molecule has 0 unspecified atom stereocenters. The van der Waals surface area contributed by atoms with Gasteiger partial charge in [0, 0.05) is 0 Å². The maximum atomic E-state index is 12.0. The van der Waals surface area contributed by atoms with Gasteiger partial charge in [0.2, 0.25) is 0 Å². The highest BCUT2D eigenvalue weighted by Gasteiger charge is 2.28. The highest BCUT2D eigenvalue weighted by atomic mass is 32.2. The van der Waals surface area contributed by atoms with Crippen LogP contribution >= 0.6 is 0 Å². The Kier molecular flexibility index (Phi) is 40.4. The average molecular weight is 757 g/mol. The standard InChI is InChI=1S/C47H97NO3S/c1-4-7-10-13-16-19-22-25-28-31-34-37-40-43-48(46-47-52(49,50)51,44-41-38-35-32-29-26-23-20-17-14-11-8-5-2)45-42-39-36-33-30-27-24-21-18-15-12-9-6-3/h4-47H2,1-3H3/p+1. The Balaban J connectivity index is 4.67. The summed E-state index contributed by atoms with van der Waals surface area (Å²) in [6, 6.07) is 0. The normalized spacial score (nSPS) is 12.3. The van der Waals surface area contributed by atoms with E-state index in [0.717, 1.165) is 24.1 Å². The van der Waals surface area contributed by atoms with Gasteiger partial charge >= 0.3 is 0 Å². The van der Waals surface area contributed by atoms with Crippen LogP contribution in [0.25, 0.3) is 0 Å². The zero-order valence-electron chi connectivity index (χ0n) is 36.2.